The van der Waals surface area contributed by atoms with Gasteiger partial charge in [-0.05, 0) is 142 Å². The number of hydrogen-bond acceptors (Lipinski definition) is 13. The average molecular weight is 1180 g/mol. The molecular formula is C66H113NO13Si2. The van der Waals surface area contributed by atoms with Crippen molar-refractivity contribution in [2.75, 3.05) is 27.9 Å². The fourth-order valence-corrected chi connectivity index (χ4v) is 20.4. The number of methoxy groups -OCH3 is 3. The minimum absolute atomic E-state index is 0.0444. The Hall–Kier alpha value is -2.94. The van der Waals surface area contributed by atoms with E-state index in [-0.39, 0.29) is 71.9 Å². The highest BCUT2D eigenvalue weighted by molar-refractivity contribution is 6.77. The summed E-state index contributed by atoms with van der Waals surface area (Å²) in [5.41, 5.74) is 2.87. The van der Waals surface area contributed by atoms with E-state index in [1.54, 1.807) is 28.3 Å². The second-order valence-corrected chi connectivity index (χ2v) is 38.0. The number of cyclic esters (lactones) is 1. The molecule has 1 unspecified atom stereocenters. The lowest BCUT2D eigenvalue weighted by Crippen LogP contribution is -2.61. The molecule has 3 fully saturated rings. The summed E-state index contributed by atoms with van der Waals surface area (Å²) >= 11 is 0. The van der Waals surface area contributed by atoms with Crippen LogP contribution in [0, 0.1) is 35.5 Å². The molecule has 468 valence electrons. The molecular weight excluding hydrogens is 1070 g/mol. The molecule has 0 aromatic carbocycles. The van der Waals surface area contributed by atoms with Gasteiger partial charge in [-0.2, -0.15) is 0 Å². The van der Waals surface area contributed by atoms with Gasteiger partial charge in [-0.25, -0.2) is 4.79 Å². The zero-order chi connectivity index (χ0) is 61.8. The number of Topliss-reactive ketones (excluding diaryl/α,β-unsaturated/α-hetero) is 3. The summed E-state index contributed by atoms with van der Waals surface area (Å²) in [5.74, 6) is -7.32. The number of carbonyl (C=O) groups is 5. The molecule has 1 amide bonds. The molecule has 1 saturated carbocycles. The van der Waals surface area contributed by atoms with Crippen LogP contribution in [0.25, 0.3) is 0 Å². The van der Waals surface area contributed by atoms with Crippen LogP contribution in [-0.4, -0.2) is 138 Å². The summed E-state index contributed by atoms with van der Waals surface area (Å²) in [4.78, 5) is 74.9. The highest BCUT2D eigenvalue weighted by atomic mass is 28.4. The van der Waals surface area contributed by atoms with Crippen LogP contribution in [0.4, 0.5) is 0 Å². The molecule has 2 saturated heterocycles. The first-order valence-electron chi connectivity index (χ1n) is 31.4. The number of allylic oxidation sites excluding steroid dienone is 6. The van der Waals surface area contributed by atoms with E-state index >= 15 is 0 Å². The van der Waals surface area contributed by atoms with Crippen molar-refractivity contribution in [3.05, 3.63) is 47.6 Å². The molecule has 4 rings (SSSR count). The predicted octanol–water partition coefficient (Wildman–Crippen LogP) is 13.4. The molecule has 0 radical (unpaired) electrons. The molecule has 1 aliphatic carbocycles. The van der Waals surface area contributed by atoms with Gasteiger partial charge in [0, 0.05) is 58.5 Å². The van der Waals surface area contributed by atoms with Crippen LogP contribution < -0.4 is 0 Å². The molecule has 0 aromatic heterocycles. The van der Waals surface area contributed by atoms with Gasteiger partial charge in [-0.3, -0.25) is 19.2 Å². The van der Waals surface area contributed by atoms with Crippen LogP contribution >= 0.6 is 0 Å². The van der Waals surface area contributed by atoms with Crippen molar-refractivity contribution < 1.29 is 61.6 Å². The molecule has 14 nitrogen and oxygen atoms in total. The van der Waals surface area contributed by atoms with Crippen molar-refractivity contribution in [3.63, 3.8) is 0 Å². The van der Waals surface area contributed by atoms with E-state index in [0.717, 1.165) is 24.8 Å². The molecule has 3 aliphatic heterocycles. The molecule has 2 bridgehead atoms. The number of fused-ring (bicyclic) bond motifs is 3. The summed E-state index contributed by atoms with van der Waals surface area (Å²) in [6, 6.07) is -1.13. The van der Waals surface area contributed by atoms with Crippen molar-refractivity contribution >= 4 is 45.9 Å². The van der Waals surface area contributed by atoms with E-state index in [9.17, 15) is 29.1 Å². The normalized spacial score (nSPS) is 35.4. The summed E-state index contributed by atoms with van der Waals surface area (Å²) in [6.45, 7) is 38.1. The third kappa shape index (κ3) is 17.8. The Balaban J connectivity index is 1.81. The molecule has 4 aliphatic rings. The Kier molecular flexibility index (Phi) is 27.1. The smallest absolute Gasteiger partial charge is 0.329 e. The second kappa shape index (κ2) is 31.1. The lowest BCUT2D eigenvalue weighted by molar-refractivity contribution is -0.265. The van der Waals surface area contributed by atoms with Crippen LogP contribution in [0.1, 0.15) is 188 Å². The molecule has 1 N–H and O–H groups in total. The van der Waals surface area contributed by atoms with Crippen molar-refractivity contribution in [1.82, 2.24) is 4.90 Å². The summed E-state index contributed by atoms with van der Waals surface area (Å²) in [7, 11) is 0.145. The maximum atomic E-state index is 14.9. The van der Waals surface area contributed by atoms with Crippen molar-refractivity contribution in [1.29, 1.82) is 0 Å². The van der Waals surface area contributed by atoms with Gasteiger partial charge in [0.2, 0.25) is 14.1 Å². The minimum Gasteiger partial charge on any atom is -0.460 e. The monoisotopic (exact) mass is 1180 g/mol. The van der Waals surface area contributed by atoms with E-state index < -0.39 is 88.5 Å². The van der Waals surface area contributed by atoms with Crippen LogP contribution in [-0.2, 0) is 56.5 Å². The lowest BCUT2D eigenvalue weighted by atomic mass is 9.78. The van der Waals surface area contributed by atoms with Gasteiger partial charge < -0.3 is 42.5 Å². The molecule has 0 aromatic rings. The Bertz CT molecular complexity index is 2230. The fourth-order valence-electron chi connectivity index (χ4n) is 13.5. The zero-order valence-corrected chi connectivity index (χ0v) is 56.8. The number of nitrogens with zero attached hydrogens (tertiary/aromatic N) is 1. The Morgan fingerprint density at radius 3 is 1.98 bits per heavy atom. The highest BCUT2D eigenvalue weighted by Gasteiger charge is 2.54. The van der Waals surface area contributed by atoms with E-state index in [1.165, 1.54) is 4.90 Å². The van der Waals surface area contributed by atoms with E-state index in [1.807, 2.05) is 65.0 Å². The molecule has 82 heavy (non-hydrogen) atoms. The van der Waals surface area contributed by atoms with Gasteiger partial charge in [-0.15, -0.1) is 0 Å². The standard InChI is InChI=1S/C66H113NO13Si2/c1-41(2)82(42(3)4,43(5)6)79-55-33-31-51(38-58(55)75-18)37-47(10)57-40-54(68)46(9)36-49(12)60(80-81(20,21)65(14,15)16)61(76-19)59(69)48(11)35-44(7)27-23-22-24-28-45(8)56(74-17)39-52-32-30-50(13)66(73,78-52)62(70)63(71)67-34-26-25-29-53(67)64(72)77-57/h22-24,27-28,36,41-44,46-48,50-53,55-58,60-61,73H,25-26,29-35,37-40H2,1-21H3/b24-22+,27-23+,45-28+,49-36+/t44-,46-,47-,48-,50-,51+,52+,53?,55-,56+,57+,58-,60-,61+,66-/m1/s1. The number of amides is 1. The zero-order valence-electron chi connectivity index (χ0n) is 54.8. The maximum absolute atomic E-state index is 14.9. The number of aliphatic hydroxyl groups is 1. The second-order valence-electron chi connectivity index (χ2n) is 27.9. The fraction of sp³-hybridized carbons (Fsp3) is 0.803. The summed E-state index contributed by atoms with van der Waals surface area (Å²) in [5, 5.41) is 12.0. The first kappa shape index (κ1) is 71.5. The van der Waals surface area contributed by atoms with Crippen LogP contribution in [0.5, 0.6) is 0 Å². The van der Waals surface area contributed by atoms with Gasteiger partial charge in [0.05, 0.1) is 30.5 Å². The molecule has 16 heteroatoms. The first-order valence-corrected chi connectivity index (χ1v) is 36.4. The van der Waals surface area contributed by atoms with E-state index in [2.05, 4.69) is 88.4 Å². The van der Waals surface area contributed by atoms with Crippen LogP contribution in [0.15, 0.2) is 47.6 Å². The topological polar surface area (TPSA) is 173 Å². The van der Waals surface area contributed by atoms with Gasteiger partial charge >= 0.3 is 5.97 Å². The SMILES string of the molecule is CO[C@H]1C[C@@H]2CC[C@@H](C)[C@@](O)(O2)C(=O)C(=O)N2CCCCC2C(=O)O[C@H]([C@H](C)C[C@@H]2CC[C@@H](O[Si](C(C)C)(C(C)C)C(C)C)[C@H](OC)C2)CC(=O)[C@H](C)/C=C(\C)[C@@H](O[Si](C)(C)C(C)(C)C)[C@@H](OC)C(=O)[C@H](C)C[C@H](C)/C=C/C=C/C=C/1C. The van der Waals surface area contributed by atoms with Crippen molar-refractivity contribution in [2.45, 2.75) is 277 Å². The molecule has 3 heterocycles. The number of esters is 1. The van der Waals surface area contributed by atoms with Gasteiger partial charge in [0.15, 0.2) is 14.1 Å². The molecule has 0 spiro atoms. The lowest BCUT2D eigenvalue weighted by Gasteiger charge is -2.48. The van der Waals surface area contributed by atoms with Gasteiger partial charge in [0.1, 0.15) is 24.0 Å². The predicted molar refractivity (Wildman–Crippen MR) is 331 cm³/mol. The average Bonchev–Trinajstić information content (AvgIpc) is 3.40. The van der Waals surface area contributed by atoms with E-state index in [0.29, 0.717) is 67.1 Å². The number of hydrogen-bond donors (Lipinski definition) is 1. The number of ketones is 3. The summed E-state index contributed by atoms with van der Waals surface area (Å²) in [6.07, 6.45) is 14.1. The van der Waals surface area contributed by atoms with Gasteiger partial charge in [0.25, 0.3) is 11.7 Å². The van der Waals surface area contributed by atoms with Crippen molar-refractivity contribution in [3.8, 4) is 0 Å². The largest absolute Gasteiger partial charge is 0.460 e. The summed E-state index contributed by atoms with van der Waals surface area (Å²) < 4.78 is 45.6. The van der Waals surface area contributed by atoms with Gasteiger partial charge in [-0.1, -0.05) is 133 Å². The first-order chi connectivity index (χ1) is 38.2. The third-order valence-electron chi connectivity index (χ3n) is 19.7. The highest BCUT2D eigenvalue weighted by Crippen LogP contribution is 2.46. The van der Waals surface area contributed by atoms with E-state index in [4.69, 9.17) is 32.5 Å². The number of ether oxygens (including phenoxy) is 5. The third-order valence-corrected chi connectivity index (χ3v) is 30.3. The Labute approximate surface area is 498 Å². The minimum atomic E-state index is -2.55. The van der Waals surface area contributed by atoms with Crippen LogP contribution in [0.3, 0.4) is 0 Å². The molecule has 15 atom stereocenters. The number of piperidine rings is 1. The maximum Gasteiger partial charge on any atom is 0.329 e. The number of rotatable bonds is 13. The Morgan fingerprint density at radius 2 is 1.39 bits per heavy atom. The quantitative estimate of drug-likeness (QED) is 0.0799. The Morgan fingerprint density at radius 1 is 0.744 bits per heavy atom. The van der Waals surface area contributed by atoms with Crippen LogP contribution in [0.2, 0.25) is 34.8 Å². The van der Waals surface area contributed by atoms with Crippen molar-refractivity contribution in [2.24, 2.45) is 35.5 Å². The number of carbonyl (C=O) groups excluding carboxylic acids is 5.